The summed E-state index contributed by atoms with van der Waals surface area (Å²) in [5.41, 5.74) is 5.33. The third-order valence-corrected chi connectivity index (χ3v) is 2.49. The molecule has 0 radical (unpaired) electrons. The van der Waals surface area contributed by atoms with Gasteiger partial charge in [0.1, 0.15) is 0 Å². The van der Waals surface area contributed by atoms with Gasteiger partial charge in [0, 0.05) is 11.1 Å². The molecular weight excluding hydrogens is 228 g/mol. The number of nitrogens with one attached hydrogen (secondary N) is 1. The van der Waals surface area contributed by atoms with Gasteiger partial charge in [-0.1, -0.05) is 27.7 Å². The monoisotopic (exact) mass is 236 g/mol. The van der Waals surface area contributed by atoms with E-state index in [4.69, 9.17) is 5.73 Å². The van der Waals surface area contributed by atoms with Crippen LogP contribution in [0.25, 0.3) is 0 Å². The molecule has 0 aliphatic rings. The third-order valence-electron chi connectivity index (χ3n) is 0.991. The maximum Gasteiger partial charge on any atom is 0.216 e. The number of rotatable bonds is 4. The predicted molar refractivity (Wildman–Crippen MR) is 49.9 cm³/mol. The molecule has 0 aliphatic heterocycles. The van der Waals surface area contributed by atoms with Crippen molar-refractivity contribution in [3.05, 3.63) is 0 Å². The highest BCUT2D eigenvalue weighted by Gasteiger charge is 1.98. The van der Waals surface area contributed by atoms with Crippen LogP contribution in [0, 0.1) is 0 Å². The van der Waals surface area contributed by atoms with Crippen LogP contribution in [0.5, 0.6) is 0 Å². The number of anilines is 1. The van der Waals surface area contributed by atoms with E-state index in [0.717, 1.165) is 22.7 Å². The van der Waals surface area contributed by atoms with Crippen LogP contribution >= 0.6 is 27.7 Å². The van der Waals surface area contributed by atoms with Gasteiger partial charge in [-0.05, 0) is 6.42 Å². The van der Waals surface area contributed by atoms with Crippen LogP contribution in [0.15, 0.2) is 5.16 Å². The molecule has 0 aliphatic carbocycles. The first-order valence-corrected chi connectivity index (χ1v) is 5.30. The molecular formula is C5H9BrN4S. The molecule has 0 aromatic carbocycles. The summed E-state index contributed by atoms with van der Waals surface area (Å²) in [6, 6.07) is 0. The van der Waals surface area contributed by atoms with E-state index in [2.05, 4.69) is 31.1 Å². The van der Waals surface area contributed by atoms with Crippen LogP contribution in [0.1, 0.15) is 6.42 Å². The van der Waals surface area contributed by atoms with Crippen molar-refractivity contribution in [1.82, 2.24) is 15.2 Å². The molecule has 0 saturated carbocycles. The molecule has 1 aromatic rings. The van der Waals surface area contributed by atoms with Crippen molar-refractivity contribution in [3.8, 4) is 0 Å². The van der Waals surface area contributed by atoms with Crippen molar-refractivity contribution in [3.63, 3.8) is 0 Å². The maximum atomic E-state index is 5.33. The molecule has 0 atom stereocenters. The fraction of sp³-hybridized carbons (Fsp3) is 0.600. The number of aromatic amines is 1. The predicted octanol–water partition coefficient (Wildman–Crippen LogP) is 1.26. The summed E-state index contributed by atoms with van der Waals surface area (Å²) < 4.78 is 0. The Balaban J connectivity index is 2.27. The van der Waals surface area contributed by atoms with Crippen molar-refractivity contribution in [2.45, 2.75) is 11.6 Å². The van der Waals surface area contributed by atoms with Crippen LogP contribution in [-0.2, 0) is 0 Å². The van der Waals surface area contributed by atoms with Crippen molar-refractivity contribution in [2.24, 2.45) is 0 Å². The summed E-state index contributed by atoms with van der Waals surface area (Å²) >= 11 is 4.94. The lowest BCUT2D eigenvalue weighted by atomic mass is 10.6. The summed E-state index contributed by atoms with van der Waals surface area (Å²) in [5, 5.41) is 8.19. The molecule has 0 fully saturated rings. The summed E-state index contributed by atoms with van der Waals surface area (Å²) in [5.74, 6) is 1.40. The van der Waals surface area contributed by atoms with Gasteiger partial charge in [-0.15, -0.1) is 5.10 Å². The van der Waals surface area contributed by atoms with Crippen LogP contribution in [0.4, 0.5) is 5.95 Å². The Morgan fingerprint density at radius 3 is 3.00 bits per heavy atom. The second-order valence-corrected chi connectivity index (χ2v) is 3.75. The SMILES string of the molecule is Nc1nc(SCCCBr)n[nH]1. The molecule has 3 N–H and O–H groups in total. The first-order chi connectivity index (χ1) is 5.33. The number of thioether (sulfide) groups is 1. The number of halogens is 1. The number of alkyl halides is 1. The third kappa shape index (κ3) is 3.11. The minimum absolute atomic E-state index is 0.381. The van der Waals surface area contributed by atoms with E-state index in [1.54, 1.807) is 11.8 Å². The molecule has 1 rings (SSSR count). The van der Waals surface area contributed by atoms with Crippen molar-refractivity contribution in [2.75, 3.05) is 16.8 Å². The first-order valence-electron chi connectivity index (χ1n) is 3.19. The van der Waals surface area contributed by atoms with Crippen LogP contribution in [0.2, 0.25) is 0 Å². The Hall–Kier alpha value is -0.230. The van der Waals surface area contributed by atoms with Gasteiger partial charge in [-0.25, -0.2) is 5.10 Å². The van der Waals surface area contributed by atoms with E-state index in [9.17, 15) is 0 Å². The Morgan fingerprint density at radius 2 is 2.45 bits per heavy atom. The summed E-state index contributed by atoms with van der Waals surface area (Å²) in [7, 11) is 0. The number of nitrogens with zero attached hydrogens (tertiary/aromatic N) is 2. The number of aromatic nitrogens is 3. The molecule has 1 heterocycles. The minimum Gasteiger partial charge on any atom is -0.368 e. The van der Waals surface area contributed by atoms with E-state index in [-0.39, 0.29) is 0 Å². The largest absolute Gasteiger partial charge is 0.368 e. The average Bonchev–Trinajstić information content (AvgIpc) is 2.37. The topological polar surface area (TPSA) is 67.6 Å². The fourth-order valence-electron chi connectivity index (χ4n) is 0.541. The molecule has 0 spiro atoms. The highest BCUT2D eigenvalue weighted by Crippen LogP contribution is 2.13. The summed E-state index contributed by atoms with van der Waals surface area (Å²) in [6.45, 7) is 0. The zero-order chi connectivity index (χ0) is 8.10. The van der Waals surface area contributed by atoms with E-state index in [1.807, 2.05) is 0 Å². The van der Waals surface area contributed by atoms with Gasteiger partial charge in [0.05, 0.1) is 0 Å². The van der Waals surface area contributed by atoms with Crippen LogP contribution in [0.3, 0.4) is 0 Å². The fourth-order valence-corrected chi connectivity index (χ4v) is 1.94. The Labute approximate surface area is 77.5 Å². The normalized spacial score (nSPS) is 10.3. The lowest BCUT2D eigenvalue weighted by Gasteiger charge is -1.90. The Morgan fingerprint density at radius 1 is 1.64 bits per heavy atom. The first kappa shape index (κ1) is 8.86. The number of nitrogens with two attached hydrogens (primary N) is 1. The molecule has 6 heteroatoms. The van der Waals surface area contributed by atoms with E-state index in [1.165, 1.54) is 0 Å². The van der Waals surface area contributed by atoms with E-state index in [0.29, 0.717) is 5.95 Å². The number of hydrogen-bond donors (Lipinski definition) is 2. The maximum absolute atomic E-state index is 5.33. The quantitative estimate of drug-likeness (QED) is 0.470. The highest BCUT2D eigenvalue weighted by molar-refractivity contribution is 9.09. The zero-order valence-corrected chi connectivity index (χ0v) is 8.28. The van der Waals surface area contributed by atoms with Gasteiger partial charge in [0.15, 0.2) is 0 Å². The summed E-state index contributed by atoms with van der Waals surface area (Å²) in [4.78, 5) is 3.94. The molecule has 0 amide bonds. The molecule has 62 valence electrons. The van der Waals surface area contributed by atoms with Gasteiger partial charge >= 0.3 is 0 Å². The van der Waals surface area contributed by atoms with Crippen molar-refractivity contribution < 1.29 is 0 Å². The Bertz CT molecular complexity index is 214. The molecule has 0 unspecified atom stereocenters. The molecule has 4 nitrogen and oxygen atoms in total. The molecule has 0 saturated heterocycles. The minimum atomic E-state index is 0.381. The number of H-pyrrole nitrogens is 1. The van der Waals surface area contributed by atoms with Crippen molar-refractivity contribution >= 4 is 33.6 Å². The van der Waals surface area contributed by atoms with Crippen LogP contribution < -0.4 is 5.73 Å². The zero-order valence-electron chi connectivity index (χ0n) is 5.88. The van der Waals surface area contributed by atoms with Gasteiger partial charge in [-0.3, -0.25) is 0 Å². The Kier molecular flexibility index (Phi) is 3.71. The molecule has 0 bridgehead atoms. The van der Waals surface area contributed by atoms with Gasteiger partial charge in [0.2, 0.25) is 11.1 Å². The molecule has 1 aromatic heterocycles. The lowest BCUT2D eigenvalue weighted by Crippen LogP contribution is -1.85. The smallest absolute Gasteiger partial charge is 0.216 e. The average molecular weight is 237 g/mol. The molecule has 11 heavy (non-hydrogen) atoms. The second kappa shape index (κ2) is 4.61. The highest BCUT2D eigenvalue weighted by atomic mass is 79.9. The van der Waals surface area contributed by atoms with Gasteiger partial charge in [0.25, 0.3) is 0 Å². The van der Waals surface area contributed by atoms with Crippen LogP contribution in [-0.4, -0.2) is 26.3 Å². The summed E-state index contributed by atoms with van der Waals surface area (Å²) in [6.07, 6.45) is 1.11. The number of hydrogen-bond acceptors (Lipinski definition) is 4. The van der Waals surface area contributed by atoms with Gasteiger partial charge in [-0.2, -0.15) is 4.98 Å². The standard InChI is InChI=1S/C5H9BrN4S/c6-2-1-3-11-5-8-4(7)9-10-5/h1-3H2,(H3,7,8,9,10). The lowest BCUT2D eigenvalue weighted by molar-refractivity contribution is 0.970. The van der Waals surface area contributed by atoms with Crippen molar-refractivity contribution in [1.29, 1.82) is 0 Å². The second-order valence-electron chi connectivity index (χ2n) is 1.89. The van der Waals surface area contributed by atoms with E-state index < -0.39 is 0 Å². The van der Waals surface area contributed by atoms with E-state index >= 15 is 0 Å². The number of nitrogen functional groups attached to an aromatic ring is 1. The van der Waals surface area contributed by atoms with Gasteiger partial charge < -0.3 is 5.73 Å².